The number of methoxy groups -OCH3 is 2. The van der Waals surface area contributed by atoms with Gasteiger partial charge in [-0.2, -0.15) is 0 Å². The summed E-state index contributed by atoms with van der Waals surface area (Å²) in [6.07, 6.45) is 2.00. The fourth-order valence-electron chi connectivity index (χ4n) is 2.29. The van der Waals surface area contributed by atoms with Crippen molar-refractivity contribution in [3.05, 3.63) is 78.1 Å². The molecule has 0 saturated carbocycles. The Labute approximate surface area is 136 Å². The van der Waals surface area contributed by atoms with Gasteiger partial charge in [0.15, 0.2) is 0 Å². The first-order valence-electron chi connectivity index (χ1n) is 7.28. The van der Waals surface area contributed by atoms with Crippen molar-refractivity contribution in [2.24, 2.45) is 0 Å². The van der Waals surface area contributed by atoms with Crippen LogP contribution < -0.4 is 9.47 Å². The maximum absolute atomic E-state index is 5.22. The van der Waals surface area contributed by atoms with Gasteiger partial charge in [-0.05, 0) is 60.5 Å². The van der Waals surface area contributed by atoms with Crippen molar-refractivity contribution in [1.29, 1.82) is 0 Å². The van der Waals surface area contributed by atoms with E-state index in [9.17, 15) is 0 Å². The molecule has 0 amide bonds. The summed E-state index contributed by atoms with van der Waals surface area (Å²) < 4.78 is 12.5. The van der Waals surface area contributed by atoms with E-state index in [-0.39, 0.29) is 0 Å². The molecule has 3 aromatic rings. The maximum Gasteiger partial charge on any atom is 0.120 e. The molecular formula is C20H17NO2. The van der Waals surface area contributed by atoms with Crippen molar-refractivity contribution in [2.75, 3.05) is 14.2 Å². The van der Waals surface area contributed by atoms with Crippen LogP contribution in [-0.2, 0) is 0 Å². The topological polar surface area (TPSA) is 23.4 Å². The van der Waals surface area contributed by atoms with Crippen molar-refractivity contribution in [1.82, 2.24) is 4.57 Å². The summed E-state index contributed by atoms with van der Waals surface area (Å²) in [4.78, 5) is 0. The molecule has 0 aliphatic carbocycles. The van der Waals surface area contributed by atoms with Gasteiger partial charge in [-0.3, -0.25) is 0 Å². The van der Waals surface area contributed by atoms with Gasteiger partial charge in [0.1, 0.15) is 11.5 Å². The molecule has 0 bridgehead atoms. The molecule has 0 aliphatic heterocycles. The fraction of sp³-hybridized carbons (Fsp3) is 0.100. The molecule has 3 rings (SSSR count). The summed E-state index contributed by atoms with van der Waals surface area (Å²) in [6, 6.07) is 19.6. The molecule has 0 spiro atoms. The largest absolute Gasteiger partial charge is 0.497 e. The minimum atomic E-state index is 0.808. The van der Waals surface area contributed by atoms with Crippen LogP contribution in [0.15, 0.2) is 66.9 Å². The number of nitrogens with zero attached hydrogens (tertiary/aromatic N) is 1. The Morgan fingerprint density at radius 2 is 1.57 bits per heavy atom. The molecule has 2 aromatic carbocycles. The van der Waals surface area contributed by atoms with Gasteiger partial charge < -0.3 is 14.0 Å². The summed E-state index contributed by atoms with van der Waals surface area (Å²) in [6.45, 7) is 0. The lowest BCUT2D eigenvalue weighted by atomic mass is 10.2. The van der Waals surface area contributed by atoms with Crippen LogP contribution in [0.3, 0.4) is 0 Å². The molecule has 1 aromatic heterocycles. The van der Waals surface area contributed by atoms with Gasteiger partial charge in [0.25, 0.3) is 0 Å². The summed E-state index contributed by atoms with van der Waals surface area (Å²) in [5.41, 5.74) is 2.90. The maximum atomic E-state index is 5.22. The van der Waals surface area contributed by atoms with Crippen molar-refractivity contribution in [2.45, 2.75) is 0 Å². The van der Waals surface area contributed by atoms with Gasteiger partial charge in [-0.15, -0.1) is 0 Å². The molecule has 0 saturated heterocycles. The Morgan fingerprint density at radius 3 is 2.30 bits per heavy atom. The lowest BCUT2D eigenvalue weighted by Gasteiger charge is -2.06. The van der Waals surface area contributed by atoms with E-state index in [2.05, 4.69) is 11.8 Å². The molecule has 0 aliphatic rings. The number of hydrogen-bond donors (Lipinski definition) is 0. The first kappa shape index (κ1) is 14.8. The van der Waals surface area contributed by atoms with Crippen molar-refractivity contribution in [3.63, 3.8) is 0 Å². The van der Waals surface area contributed by atoms with Gasteiger partial charge in [0.2, 0.25) is 0 Å². The second-order valence-electron chi connectivity index (χ2n) is 4.94. The molecule has 114 valence electrons. The molecular weight excluding hydrogens is 286 g/mol. The third-order valence-corrected chi connectivity index (χ3v) is 3.50. The van der Waals surface area contributed by atoms with Gasteiger partial charge in [-0.1, -0.05) is 12.0 Å². The summed E-state index contributed by atoms with van der Waals surface area (Å²) in [7, 11) is 3.32. The van der Waals surface area contributed by atoms with E-state index in [4.69, 9.17) is 9.47 Å². The van der Waals surface area contributed by atoms with E-state index in [1.165, 1.54) is 0 Å². The standard InChI is InChI=1S/C20H17NO2/c1-22-19-12-10-18(11-13-19)21-14-4-6-17(21)9-8-16-5-3-7-20(15-16)23-2/h3-7,10-15H,1-2H3. The highest BCUT2D eigenvalue weighted by molar-refractivity contribution is 5.47. The predicted octanol–water partition coefficient (Wildman–Crippen LogP) is 3.89. The Kier molecular flexibility index (Phi) is 4.35. The Morgan fingerprint density at radius 1 is 0.783 bits per heavy atom. The Hall–Kier alpha value is -3.12. The molecule has 0 unspecified atom stereocenters. The zero-order valence-electron chi connectivity index (χ0n) is 13.1. The zero-order chi connectivity index (χ0) is 16.1. The Bertz CT molecular complexity index is 851. The highest BCUT2D eigenvalue weighted by Crippen LogP contribution is 2.17. The highest BCUT2D eigenvalue weighted by atomic mass is 16.5. The number of rotatable bonds is 3. The zero-order valence-corrected chi connectivity index (χ0v) is 13.1. The number of ether oxygens (including phenoxy) is 2. The van der Waals surface area contributed by atoms with E-state index < -0.39 is 0 Å². The molecule has 3 heteroatoms. The SMILES string of the molecule is COc1ccc(-n2cccc2C#Cc2cccc(OC)c2)cc1. The third-order valence-electron chi connectivity index (χ3n) is 3.50. The molecule has 0 radical (unpaired) electrons. The molecule has 0 fully saturated rings. The molecule has 0 atom stereocenters. The second-order valence-corrected chi connectivity index (χ2v) is 4.94. The van der Waals surface area contributed by atoms with Crippen molar-refractivity contribution >= 4 is 0 Å². The van der Waals surface area contributed by atoms with Gasteiger partial charge >= 0.3 is 0 Å². The van der Waals surface area contributed by atoms with E-state index in [0.717, 1.165) is 28.4 Å². The quantitative estimate of drug-likeness (QED) is 0.685. The van der Waals surface area contributed by atoms with Gasteiger partial charge in [-0.25, -0.2) is 0 Å². The van der Waals surface area contributed by atoms with E-state index in [1.807, 2.05) is 71.4 Å². The highest BCUT2D eigenvalue weighted by Gasteiger charge is 2.01. The lowest BCUT2D eigenvalue weighted by molar-refractivity contribution is 0.414. The smallest absolute Gasteiger partial charge is 0.120 e. The van der Waals surface area contributed by atoms with Crippen LogP contribution in [0.25, 0.3) is 5.69 Å². The number of hydrogen-bond acceptors (Lipinski definition) is 2. The van der Waals surface area contributed by atoms with Crippen LogP contribution >= 0.6 is 0 Å². The molecule has 23 heavy (non-hydrogen) atoms. The lowest BCUT2D eigenvalue weighted by Crippen LogP contribution is -1.95. The minimum absolute atomic E-state index is 0.808. The monoisotopic (exact) mass is 303 g/mol. The van der Waals surface area contributed by atoms with E-state index >= 15 is 0 Å². The molecule has 1 heterocycles. The summed E-state index contributed by atoms with van der Waals surface area (Å²) in [5.74, 6) is 8.04. The predicted molar refractivity (Wildman–Crippen MR) is 91.3 cm³/mol. The van der Waals surface area contributed by atoms with Gasteiger partial charge in [0, 0.05) is 17.4 Å². The number of benzene rings is 2. The fourth-order valence-corrected chi connectivity index (χ4v) is 2.29. The van der Waals surface area contributed by atoms with Crippen molar-refractivity contribution in [3.8, 4) is 29.0 Å². The molecule has 3 nitrogen and oxygen atoms in total. The first-order chi connectivity index (χ1) is 11.3. The number of aromatic nitrogens is 1. The van der Waals surface area contributed by atoms with Crippen LogP contribution in [-0.4, -0.2) is 18.8 Å². The van der Waals surface area contributed by atoms with Crippen LogP contribution in [0.4, 0.5) is 0 Å². The van der Waals surface area contributed by atoms with Crippen LogP contribution in [0.1, 0.15) is 11.3 Å². The average molecular weight is 303 g/mol. The first-order valence-corrected chi connectivity index (χ1v) is 7.28. The average Bonchev–Trinajstić information content (AvgIpc) is 3.09. The summed E-state index contributed by atoms with van der Waals surface area (Å²) >= 11 is 0. The van der Waals surface area contributed by atoms with Crippen LogP contribution in [0.2, 0.25) is 0 Å². The normalized spacial score (nSPS) is 9.83. The van der Waals surface area contributed by atoms with Crippen molar-refractivity contribution < 1.29 is 9.47 Å². The van der Waals surface area contributed by atoms with E-state index in [1.54, 1.807) is 14.2 Å². The van der Waals surface area contributed by atoms with Gasteiger partial charge in [0.05, 0.1) is 19.9 Å². The van der Waals surface area contributed by atoms with E-state index in [0.29, 0.717) is 0 Å². The third kappa shape index (κ3) is 3.38. The molecule has 0 N–H and O–H groups in total. The van der Waals surface area contributed by atoms with Crippen LogP contribution in [0.5, 0.6) is 11.5 Å². The van der Waals surface area contributed by atoms with Crippen LogP contribution in [0, 0.1) is 11.8 Å². The minimum Gasteiger partial charge on any atom is -0.497 e. The Balaban J connectivity index is 1.90. The summed E-state index contributed by atoms with van der Waals surface area (Å²) in [5, 5.41) is 0. The second kappa shape index (κ2) is 6.76.